The number of nitrogens with zero attached hydrogens (tertiary/aromatic N) is 2. The van der Waals surface area contributed by atoms with Gasteiger partial charge < -0.3 is 10.1 Å². The van der Waals surface area contributed by atoms with Crippen LogP contribution >= 0.6 is 0 Å². The van der Waals surface area contributed by atoms with Crippen molar-refractivity contribution in [3.63, 3.8) is 0 Å². The molecule has 0 spiro atoms. The summed E-state index contributed by atoms with van der Waals surface area (Å²) in [7, 11) is 1.62. The van der Waals surface area contributed by atoms with Gasteiger partial charge in [-0.2, -0.15) is 0 Å². The highest BCUT2D eigenvalue weighted by Crippen LogP contribution is 2.18. The average Bonchev–Trinajstić information content (AvgIpc) is 2.68. The lowest BCUT2D eigenvalue weighted by molar-refractivity contribution is -0.121. The van der Waals surface area contributed by atoms with Gasteiger partial charge in [-0.1, -0.05) is 35.9 Å². The predicted molar refractivity (Wildman–Crippen MR) is 109 cm³/mol. The molecule has 0 radical (unpaired) electrons. The minimum atomic E-state index is -0.155. The van der Waals surface area contributed by atoms with E-state index >= 15 is 0 Å². The Balaban J connectivity index is 1.50. The van der Waals surface area contributed by atoms with Crippen molar-refractivity contribution in [1.29, 1.82) is 0 Å². The van der Waals surface area contributed by atoms with Crippen molar-refractivity contribution in [2.24, 2.45) is 0 Å². The maximum atomic E-state index is 12.6. The molecule has 1 aliphatic heterocycles. The molecular weight excluding hydrogens is 338 g/mol. The summed E-state index contributed by atoms with van der Waals surface area (Å²) in [5.74, 6) is 0.764. The summed E-state index contributed by atoms with van der Waals surface area (Å²) in [5.41, 5.74) is 3.42. The molecule has 0 aromatic heterocycles. The van der Waals surface area contributed by atoms with E-state index in [0.29, 0.717) is 0 Å². The molecule has 2 aromatic carbocycles. The number of rotatable bonds is 6. The van der Waals surface area contributed by atoms with Gasteiger partial charge in [-0.25, -0.2) is 0 Å². The van der Waals surface area contributed by atoms with Crippen molar-refractivity contribution in [3.8, 4) is 5.75 Å². The Kier molecular flexibility index (Phi) is 6.48. The van der Waals surface area contributed by atoms with Crippen LogP contribution in [0.15, 0.2) is 48.5 Å². The fourth-order valence-electron chi connectivity index (χ4n) is 3.49. The molecule has 1 heterocycles. The third-order valence-electron chi connectivity index (χ3n) is 5.16. The first-order valence-electron chi connectivity index (χ1n) is 9.52. The third-order valence-corrected chi connectivity index (χ3v) is 5.16. The number of benzene rings is 2. The standard InChI is InChI=1S/C22H29N3O2/c1-17-6-4-7-19(14-17)16-24-10-12-25(13-11-24)18(2)22(26)23-20-8-5-9-21(15-20)27-3/h4-9,14-15,18H,10-13,16H2,1-3H3,(H,23,26)/t18-/m0/s1. The zero-order valence-electron chi connectivity index (χ0n) is 16.4. The van der Waals surface area contributed by atoms with E-state index in [9.17, 15) is 4.79 Å². The van der Waals surface area contributed by atoms with Crippen LogP contribution in [0.25, 0.3) is 0 Å². The SMILES string of the molecule is COc1cccc(NC(=O)[C@H](C)N2CCN(Cc3cccc(C)c3)CC2)c1. The average molecular weight is 367 g/mol. The molecule has 3 rings (SSSR count). The van der Waals surface area contributed by atoms with Gasteiger partial charge in [0, 0.05) is 44.5 Å². The van der Waals surface area contributed by atoms with Crippen LogP contribution in [0, 0.1) is 6.92 Å². The maximum absolute atomic E-state index is 12.6. The van der Waals surface area contributed by atoms with Crippen molar-refractivity contribution in [2.75, 3.05) is 38.6 Å². The Labute approximate surface area is 161 Å². The number of carbonyl (C=O) groups is 1. The minimum absolute atomic E-state index is 0.0235. The normalized spacial score (nSPS) is 16.7. The number of aryl methyl sites for hydroxylation is 1. The summed E-state index contributed by atoms with van der Waals surface area (Å²) in [5, 5.41) is 3.00. The fraction of sp³-hybridized carbons (Fsp3) is 0.409. The second-order valence-electron chi connectivity index (χ2n) is 7.20. The van der Waals surface area contributed by atoms with E-state index < -0.39 is 0 Å². The number of carbonyl (C=O) groups excluding carboxylic acids is 1. The summed E-state index contributed by atoms with van der Waals surface area (Å²) >= 11 is 0. The molecule has 0 unspecified atom stereocenters. The van der Waals surface area contributed by atoms with E-state index in [1.165, 1.54) is 11.1 Å². The molecule has 0 saturated carbocycles. The molecule has 27 heavy (non-hydrogen) atoms. The lowest BCUT2D eigenvalue weighted by Crippen LogP contribution is -2.52. The number of piperazine rings is 1. The number of ether oxygens (including phenoxy) is 1. The predicted octanol–water partition coefficient (Wildman–Crippen LogP) is 3.15. The highest BCUT2D eigenvalue weighted by molar-refractivity contribution is 5.94. The van der Waals surface area contributed by atoms with Gasteiger partial charge in [0.1, 0.15) is 5.75 Å². The van der Waals surface area contributed by atoms with E-state index in [-0.39, 0.29) is 11.9 Å². The van der Waals surface area contributed by atoms with Crippen molar-refractivity contribution in [2.45, 2.75) is 26.4 Å². The highest BCUT2D eigenvalue weighted by atomic mass is 16.5. The molecule has 2 aromatic rings. The molecule has 1 amide bonds. The minimum Gasteiger partial charge on any atom is -0.497 e. The summed E-state index contributed by atoms with van der Waals surface area (Å²) in [6, 6.07) is 16.0. The van der Waals surface area contributed by atoms with Crippen LogP contribution in [0.4, 0.5) is 5.69 Å². The van der Waals surface area contributed by atoms with Gasteiger partial charge in [0.15, 0.2) is 0 Å². The second kappa shape index (κ2) is 9.02. The van der Waals surface area contributed by atoms with Gasteiger partial charge in [-0.05, 0) is 31.5 Å². The first-order valence-corrected chi connectivity index (χ1v) is 9.52. The van der Waals surface area contributed by atoms with E-state index in [1.807, 2.05) is 31.2 Å². The van der Waals surface area contributed by atoms with E-state index in [2.05, 4.69) is 46.3 Å². The molecule has 1 aliphatic rings. The van der Waals surface area contributed by atoms with Gasteiger partial charge in [-0.15, -0.1) is 0 Å². The van der Waals surface area contributed by atoms with Crippen molar-refractivity contribution in [3.05, 3.63) is 59.7 Å². The molecule has 0 bridgehead atoms. The summed E-state index contributed by atoms with van der Waals surface area (Å²) in [4.78, 5) is 17.3. The van der Waals surface area contributed by atoms with Gasteiger partial charge in [0.05, 0.1) is 13.2 Å². The number of hydrogen-bond donors (Lipinski definition) is 1. The van der Waals surface area contributed by atoms with Crippen molar-refractivity contribution >= 4 is 11.6 Å². The maximum Gasteiger partial charge on any atom is 0.241 e. The molecule has 144 valence electrons. The lowest BCUT2D eigenvalue weighted by Gasteiger charge is -2.37. The number of nitrogens with one attached hydrogen (secondary N) is 1. The van der Waals surface area contributed by atoms with Crippen LogP contribution in [0.3, 0.4) is 0 Å². The van der Waals surface area contributed by atoms with Gasteiger partial charge >= 0.3 is 0 Å². The molecular formula is C22H29N3O2. The summed E-state index contributed by atoms with van der Waals surface area (Å²) in [6.45, 7) is 8.84. The number of hydrogen-bond acceptors (Lipinski definition) is 4. The summed E-state index contributed by atoms with van der Waals surface area (Å²) < 4.78 is 5.21. The topological polar surface area (TPSA) is 44.8 Å². The third kappa shape index (κ3) is 5.31. The van der Waals surface area contributed by atoms with Crippen molar-refractivity contribution in [1.82, 2.24) is 9.80 Å². The zero-order valence-corrected chi connectivity index (χ0v) is 16.4. The highest BCUT2D eigenvalue weighted by Gasteiger charge is 2.25. The number of methoxy groups -OCH3 is 1. The van der Waals surface area contributed by atoms with Crippen LogP contribution in [0.1, 0.15) is 18.1 Å². The number of anilines is 1. The van der Waals surface area contributed by atoms with Crippen LogP contribution in [0.5, 0.6) is 5.75 Å². The molecule has 5 heteroatoms. The Bertz CT molecular complexity index is 770. The van der Waals surface area contributed by atoms with Crippen LogP contribution < -0.4 is 10.1 Å². The molecule has 1 fully saturated rings. The Morgan fingerprint density at radius 1 is 1.11 bits per heavy atom. The Morgan fingerprint density at radius 3 is 2.56 bits per heavy atom. The molecule has 1 saturated heterocycles. The van der Waals surface area contributed by atoms with Crippen molar-refractivity contribution < 1.29 is 9.53 Å². The molecule has 0 aliphatic carbocycles. The Morgan fingerprint density at radius 2 is 1.85 bits per heavy atom. The van der Waals surface area contributed by atoms with Gasteiger partial charge in [0.2, 0.25) is 5.91 Å². The molecule has 5 nitrogen and oxygen atoms in total. The lowest BCUT2D eigenvalue weighted by atomic mass is 10.1. The zero-order chi connectivity index (χ0) is 19.2. The largest absolute Gasteiger partial charge is 0.497 e. The number of amides is 1. The fourth-order valence-corrected chi connectivity index (χ4v) is 3.49. The van der Waals surface area contributed by atoms with Gasteiger partial charge in [-0.3, -0.25) is 14.6 Å². The first-order chi connectivity index (χ1) is 13.0. The molecule has 1 N–H and O–H groups in total. The molecule has 1 atom stereocenters. The second-order valence-corrected chi connectivity index (χ2v) is 7.20. The van der Waals surface area contributed by atoms with E-state index in [0.717, 1.165) is 44.2 Å². The van der Waals surface area contributed by atoms with E-state index in [1.54, 1.807) is 7.11 Å². The first kappa shape index (κ1) is 19.4. The van der Waals surface area contributed by atoms with E-state index in [4.69, 9.17) is 4.74 Å². The van der Waals surface area contributed by atoms with Crippen LogP contribution in [0.2, 0.25) is 0 Å². The van der Waals surface area contributed by atoms with Crippen LogP contribution in [-0.2, 0) is 11.3 Å². The smallest absolute Gasteiger partial charge is 0.241 e. The summed E-state index contributed by atoms with van der Waals surface area (Å²) in [6.07, 6.45) is 0. The quantitative estimate of drug-likeness (QED) is 0.852. The van der Waals surface area contributed by atoms with Crippen LogP contribution in [-0.4, -0.2) is 55.0 Å². The van der Waals surface area contributed by atoms with Gasteiger partial charge in [0.25, 0.3) is 0 Å². The Hall–Kier alpha value is -2.37. The monoisotopic (exact) mass is 367 g/mol.